The van der Waals surface area contributed by atoms with Crippen LogP contribution in [0.4, 0.5) is 0 Å². The first-order chi connectivity index (χ1) is 13.1. The van der Waals surface area contributed by atoms with E-state index in [2.05, 4.69) is 10.2 Å². The molecule has 1 amide bonds. The van der Waals surface area contributed by atoms with Crippen molar-refractivity contribution in [3.8, 4) is 0 Å². The molecule has 3 rings (SSSR count). The first-order valence-electron chi connectivity index (χ1n) is 10.1. The van der Waals surface area contributed by atoms with Crippen LogP contribution in [-0.4, -0.2) is 62.8 Å². The van der Waals surface area contributed by atoms with Crippen LogP contribution in [-0.2, 0) is 14.8 Å². The maximum absolute atomic E-state index is 12.5. The van der Waals surface area contributed by atoms with Gasteiger partial charge in [0.15, 0.2) is 0 Å². The normalized spacial score (nSPS) is 21.0. The first kappa shape index (κ1) is 20.8. The van der Waals surface area contributed by atoms with Crippen LogP contribution in [0.1, 0.15) is 44.9 Å². The highest BCUT2D eigenvalue weighted by Crippen LogP contribution is 2.26. The van der Waals surface area contributed by atoms with Crippen molar-refractivity contribution in [1.82, 2.24) is 14.5 Å². The molecule has 0 aromatic carbocycles. The average molecular weight is 414 g/mol. The summed E-state index contributed by atoms with van der Waals surface area (Å²) in [4.78, 5) is 14.9. The predicted octanol–water partition coefficient (Wildman–Crippen LogP) is 2.53. The lowest BCUT2D eigenvalue weighted by atomic mass is 9.97. The molecule has 0 radical (unpaired) electrons. The number of nitrogens with one attached hydrogen (secondary N) is 1. The van der Waals surface area contributed by atoms with Gasteiger partial charge < -0.3 is 10.2 Å². The third-order valence-corrected chi connectivity index (χ3v) is 8.83. The molecular weight excluding hydrogens is 382 g/mol. The van der Waals surface area contributed by atoms with Gasteiger partial charge in [0, 0.05) is 25.6 Å². The van der Waals surface area contributed by atoms with Crippen molar-refractivity contribution in [2.45, 2.75) is 49.2 Å². The van der Waals surface area contributed by atoms with Crippen molar-refractivity contribution in [3.05, 3.63) is 17.5 Å². The van der Waals surface area contributed by atoms with E-state index in [1.54, 1.807) is 17.5 Å². The minimum atomic E-state index is -3.39. The van der Waals surface area contributed by atoms with Crippen molar-refractivity contribution in [2.75, 3.05) is 39.3 Å². The molecule has 6 nitrogen and oxygen atoms in total. The van der Waals surface area contributed by atoms with Crippen LogP contribution in [0.5, 0.6) is 0 Å². The molecule has 1 aromatic rings. The Labute approximate surface area is 167 Å². The number of carbonyl (C=O) groups is 1. The Morgan fingerprint density at radius 2 is 1.81 bits per heavy atom. The number of nitrogens with zero attached hydrogens (tertiary/aromatic N) is 2. The van der Waals surface area contributed by atoms with Crippen LogP contribution < -0.4 is 5.32 Å². The summed E-state index contributed by atoms with van der Waals surface area (Å²) in [5.74, 6) is 0.0111. The van der Waals surface area contributed by atoms with E-state index in [4.69, 9.17) is 0 Å². The molecule has 152 valence electrons. The fourth-order valence-corrected chi connectivity index (χ4v) is 6.53. The summed E-state index contributed by atoms with van der Waals surface area (Å²) < 4.78 is 27.0. The summed E-state index contributed by atoms with van der Waals surface area (Å²) in [5.41, 5.74) is 0. The molecule has 0 unspecified atom stereocenters. The number of carbonyl (C=O) groups excluding carboxylic acids is 1. The van der Waals surface area contributed by atoms with Gasteiger partial charge in [-0.3, -0.25) is 4.79 Å². The van der Waals surface area contributed by atoms with Gasteiger partial charge in [-0.25, -0.2) is 8.42 Å². The van der Waals surface area contributed by atoms with Gasteiger partial charge in [0.1, 0.15) is 4.21 Å². The second-order valence-corrected chi connectivity index (χ2v) is 10.6. The van der Waals surface area contributed by atoms with E-state index in [0.717, 1.165) is 13.0 Å². The first-order valence-corrected chi connectivity index (χ1v) is 12.4. The van der Waals surface area contributed by atoms with Crippen molar-refractivity contribution in [2.24, 2.45) is 5.92 Å². The second-order valence-electron chi connectivity index (χ2n) is 7.51. The highest BCUT2D eigenvalue weighted by Gasteiger charge is 2.32. The molecule has 0 saturated carbocycles. The fraction of sp³-hybridized carbons (Fsp3) is 0.737. The Morgan fingerprint density at radius 1 is 1.11 bits per heavy atom. The molecule has 2 saturated heterocycles. The number of rotatable bonds is 7. The van der Waals surface area contributed by atoms with Gasteiger partial charge in [0.05, 0.1) is 0 Å². The van der Waals surface area contributed by atoms with Crippen LogP contribution >= 0.6 is 11.3 Å². The topological polar surface area (TPSA) is 69.7 Å². The zero-order chi connectivity index (χ0) is 19.1. The van der Waals surface area contributed by atoms with Gasteiger partial charge >= 0.3 is 0 Å². The fourth-order valence-electron chi connectivity index (χ4n) is 3.91. The standard InChI is InChI=1S/C19H31N3O3S2/c23-19(20-10-6-13-21-11-3-1-2-4-12-21)17-8-14-22(15-9-17)27(24,25)18-7-5-16-26-18/h5,7,16-17H,1-4,6,8-15H2,(H,20,23). The highest BCUT2D eigenvalue weighted by molar-refractivity contribution is 7.91. The molecular formula is C19H31N3O3S2. The Hall–Kier alpha value is -0.960. The lowest BCUT2D eigenvalue weighted by Gasteiger charge is -2.30. The van der Waals surface area contributed by atoms with Crippen LogP contribution in [0.25, 0.3) is 0 Å². The van der Waals surface area contributed by atoms with Gasteiger partial charge in [-0.05, 0) is 63.2 Å². The van der Waals surface area contributed by atoms with Crippen LogP contribution in [0, 0.1) is 5.92 Å². The largest absolute Gasteiger partial charge is 0.356 e. The number of piperidine rings is 1. The Balaban J connectivity index is 1.36. The number of likely N-dealkylation sites (tertiary alicyclic amines) is 1. The van der Waals surface area contributed by atoms with Crippen molar-refractivity contribution in [3.63, 3.8) is 0 Å². The van der Waals surface area contributed by atoms with E-state index >= 15 is 0 Å². The maximum Gasteiger partial charge on any atom is 0.252 e. The molecule has 0 bridgehead atoms. The Morgan fingerprint density at radius 3 is 2.44 bits per heavy atom. The summed E-state index contributed by atoms with van der Waals surface area (Å²) in [6.45, 7) is 4.98. The summed E-state index contributed by atoms with van der Waals surface area (Å²) in [6.07, 6.45) is 7.45. The predicted molar refractivity (Wildman–Crippen MR) is 108 cm³/mol. The van der Waals surface area contributed by atoms with Gasteiger partial charge in [-0.1, -0.05) is 18.9 Å². The van der Waals surface area contributed by atoms with Gasteiger partial charge in [-0.15, -0.1) is 11.3 Å². The number of hydrogen-bond donors (Lipinski definition) is 1. The van der Waals surface area contributed by atoms with E-state index in [0.29, 0.717) is 36.7 Å². The number of amides is 1. The van der Waals surface area contributed by atoms with Crippen LogP contribution in [0.15, 0.2) is 21.7 Å². The number of sulfonamides is 1. The van der Waals surface area contributed by atoms with Gasteiger partial charge in [0.2, 0.25) is 5.91 Å². The molecule has 1 N–H and O–H groups in total. The molecule has 27 heavy (non-hydrogen) atoms. The van der Waals surface area contributed by atoms with E-state index in [-0.39, 0.29) is 11.8 Å². The van der Waals surface area contributed by atoms with Crippen molar-refractivity contribution >= 4 is 27.3 Å². The SMILES string of the molecule is O=C(NCCCN1CCCCCC1)C1CCN(S(=O)(=O)c2cccs2)CC1. The summed E-state index contributed by atoms with van der Waals surface area (Å²) >= 11 is 1.24. The number of hydrogen-bond acceptors (Lipinski definition) is 5. The molecule has 2 aliphatic heterocycles. The highest BCUT2D eigenvalue weighted by atomic mass is 32.2. The van der Waals surface area contributed by atoms with Gasteiger partial charge in [0.25, 0.3) is 10.0 Å². The van der Waals surface area contributed by atoms with Crippen molar-refractivity contribution in [1.29, 1.82) is 0 Å². The quantitative estimate of drug-likeness (QED) is 0.698. The zero-order valence-corrected chi connectivity index (χ0v) is 17.6. The van der Waals surface area contributed by atoms with E-state index in [1.165, 1.54) is 54.4 Å². The molecule has 2 fully saturated rings. The smallest absolute Gasteiger partial charge is 0.252 e. The Kier molecular flexibility index (Phi) is 7.69. The van der Waals surface area contributed by atoms with Crippen LogP contribution in [0.3, 0.4) is 0 Å². The monoisotopic (exact) mass is 413 g/mol. The van der Waals surface area contributed by atoms with Gasteiger partial charge in [-0.2, -0.15) is 4.31 Å². The summed E-state index contributed by atoms with van der Waals surface area (Å²) in [5, 5.41) is 4.83. The minimum Gasteiger partial charge on any atom is -0.356 e. The molecule has 1 aromatic heterocycles. The molecule has 8 heteroatoms. The van der Waals surface area contributed by atoms with E-state index in [9.17, 15) is 13.2 Å². The van der Waals surface area contributed by atoms with E-state index in [1.807, 2.05) is 0 Å². The minimum absolute atomic E-state index is 0.0713. The molecule has 0 aliphatic carbocycles. The van der Waals surface area contributed by atoms with Crippen molar-refractivity contribution < 1.29 is 13.2 Å². The zero-order valence-electron chi connectivity index (χ0n) is 15.9. The molecule has 3 heterocycles. The molecule has 0 spiro atoms. The lowest BCUT2D eigenvalue weighted by molar-refractivity contribution is -0.126. The second kappa shape index (κ2) is 10.0. The van der Waals surface area contributed by atoms with Crippen LogP contribution in [0.2, 0.25) is 0 Å². The number of thiophene rings is 1. The third kappa shape index (κ3) is 5.76. The summed E-state index contributed by atoms with van der Waals surface area (Å²) in [6, 6.07) is 3.40. The molecule has 0 atom stereocenters. The Bertz CT molecular complexity index is 675. The summed E-state index contributed by atoms with van der Waals surface area (Å²) in [7, 11) is -3.39. The average Bonchev–Trinajstić information content (AvgIpc) is 3.11. The van der Waals surface area contributed by atoms with E-state index < -0.39 is 10.0 Å². The third-order valence-electron chi connectivity index (χ3n) is 5.56. The lowest BCUT2D eigenvalue weighted by Crippen LogP contribution is -2.43. The maximum atomic E-state index is 12.5. The molecule has 2 aliphatic rings.